The first-order valence-electron chi connectivity index (χ1n) is 9.93. The van der Waals surface area contributed by atoms with Gasteiger partial charge in [-0.1, -0.05) is 44.5 Å². The van der Waals surface area contributed by atoms with Gasteiger partial charge >= 0.3 is 6.18 Å². The lowest BCUT2D eigenvalue weighted by Gasteiger charge is -2.21. The minimum atomic E-state index is -4.47. The van der Waals surface area contributed by atoms with Crippen molar-refractivity contribution in [2.24, 2.45) is 21.9 Å². The molecule has 0 unspecified atom stereocenters. The van der Waals surface area contributed by atoms with E-state index in [9.17, 15) is 22.0 Å². The highest BCUT2D eigenvalue weighted by atomic mass is 35.5. The van der Waals surface area contributed by atoms with Gasteiger partial charge in [0.1, 0.15) is 17.5 Å². The maximum absolute atomic E-state index is 15.0. The van der Waals surface area contributed by atoms with Crippen LogP contribution in [0.5, 0.6) is 0 Å². The van der Waals surface area contributed by atoms with Crippen molar-refractivity contribution in [3.63, 3.8) is 0 Å². The van der Waals surface area contributed by atoms with Gasteiger partial charge in [-0.15, -0.1) is 0 Å². The molecule has 2 aromatic rings. The molecule has 0 saturated heterocycles. The molecular formula is C23H25ClF5N3. The first-order valence-corrected chi connectivity index (χ1v) is 10.3. The van der Waals surface area contributed by atoms with Crippen molar-refractivity contribution in [1.29, 1.82) is 0 Å². The van der Waals surface area contributed by atoms with Gasteiger partial charge in [-0.25, -0.2) is 8.78 Å². The molecular weight excluding hydrogens is 449 g/mol. The molecule has 0 spiro atoms. The minimum absolute atomic E-state index is 0.0108. The molecule has 0 amide bonds. The second-order valence-corrected chi connectivity index (χ2v) is 8.25. The molecule has 174 valence electrons. The Morgan fingerprint density at radius 1 is 1.09 bits per heavy atom. The fourth-order valence-corrected chi connectivity index (χ4v) is 3.55. The molecule has 9 heteroatoms. The zero-order valence-corrected chi connectivity index (χ0v) is 19.0. The number of aliphatic imine (C=N–C) groups is 1. The van der Waals surface area contributed by atoms with Crippen LogP contribution >= 0.6 is 11.6 Å². The number of rotatable bonds is 7. The summed E-state index contributed by atoms with van der Waals surface area (Å²) >= 11 is 6.11. The zero-order valence-electron chi connectivity index (χ0n) is 18.3. The van der Waals surface area contributed by atoms with Gasteiger partial charge in [0.15, 0.2) is 0 Å². The van der Waals surface area contributed by atoms with E-state index in [0.717, 1.165) is 19.1 Å². The fraction of sp³-hybridized carbons (Fsp3) is 0.391. The lowest BCUT2D eigenvalue weighted by atomic mass is 9.90. The van der Waals surface area contributed by atoms with Gasteiger partial charge in [0, 0.05) is 30.8 Å². The smallest absolute Gasteiger partial charge is 0.266 e. The van der Waals surface area contributed by atoms with Crippen molar-refractivity contribution in [2.45, 2.75) is 39.9 Å². The summed E-state index contributed by atoms with van der Waals surface area (Å²) in [5, 5.41) is 5.21. The van der Waals surface area contributed by atoms with E-state index >= 15 is 0 Å². The maximum Gasteiger partial charge on any atom is 0.391 e. The third-order valence-electron chi connectivity index (χ3n) is 5.06. The average Bonchev–Trinajstić information content (AvgIpc) is 2.69. The number of nitrogens with zero attached hydrogens (tertiary/aromatic N) is 3. The second-order valence-electron chi connectivity index (χ2n) is 7.84. The number of benzene rings is 2. The second kappa shape index (κ2) is 10.4. The third kappa shape index (κ3) is 6.06. The summed E-state index contributed by atoms with van der Waals surface area (Å²) in [4.78, 5) is 4.38. The Hall–Kier alpha value is -2.48. The Kier molecular flexibility index (Phi) is 8.40. The normalized spacial score (nSPS) is 13.4. The molecule has 0 radical (unpaired) electrons. The predicted molar refractivity (Wildman–Crippen MR) is 119 cm³/mol. The molecule has 0 aliphatic carbocycles. The Bertz CT molecular complexity index is 982. The lowest BCUT2D eigenvalue weighted by molar-refractivity contribution is -0.169. The van der Waals surface area contributed by atoms with Crippen LogP contribution in [0.2, 0.25) is 5.02 Å². The number of halogens is 6. The molecule has 1 atom stereocenters. The molecule has 0 aromatic heterocycles. The van der Waals surface area contributed by atoms with E-state index in [1.165, 1.54) is 23.2 Å². The standard InChI is InChI=1S/C23H25ClF5N3/c1-13(2)22(32(5)30-4)31-12-16-10-15(9-14(3)23(27,28)29)17(11-20(16)26)21-18(24)7-6-8-19(21)25/h6-8,10-11,13-14H,4,9,12H2,1-3,5H3/b31-22-/t14-/m1/s1. The van der Waals surface area contributed by atoms with E-state index in [-0.39, 0.29) is 39.7 Å². The first kappa shape index (κ1) is 25.8. The average molecular weight is 474 g/mol. The van der Waals surface area contributed by atoms with E-state index in [0.29, 0.717) is 5.84 Å². The van der Waals surface area contributed by atoms with Crippen LogP contribution in [-0.4, -0.2) is 30.8 Å². The van der Waals surface area contributed by atoms with Gasteiger partial charge in [-0.2, -0.15) is 18.3 Å². The summed E-state index contributed by atoms with van der Waals surface area (Å²) in [5.74, 6) is -2.70. The van der Waals surface area contributed by atoms with Gasteiger partial charge in [0.2, 0.25) is 0 Å². The maximum atomic E-state index is 15.0. The topological polar surface area (TPSA) is 28.0 Å². The van der Waals surface area contributed by atoms with Crippen LogP contribution in [0.1, 0.15) is 31.9 Å². The highest BCUT2D eigenvalue weighted by molar-refractivity contribution is 6.33. The number of hydrazone groups is 1. The van der Waals surface area contributed by atoms with Crippen molar-refractivity contribution < 1.29 is 22.0 Å². The van der Waals surface area contributed by atoms with Crippen molar-refractivity contribution in [2.75, 3.05) is 7.05 Å². The van der Waals surface area contributed by atoms with Crippen LogP contribution < -0.4 is 0 Å². The van der Waals surface area contributed by atoms with Gasteiger partial charge in [0.05, 0.1) is 17.5 Å². The molecule has 3 nitrogen and oxygen atoms in total. The van der Waals surface area contributed by atoms with Crippen molar-refractivity contribution in [3.8, 4) is 11.1 Å². The molecule has 0 saturated carbocycles. The number of alkyl halides is 3. The third-order valence-corrected chi connectivity index (χ3v) is 5.38. The molecule has 0 aliphatic heterocycles. The number of hydrogen-bond acceptors (Lipinski definition) is 2. The van der Waals surface area contributed by atoms with Crippen molar-refractivity contribution in [3.05, 3.63) is 58.1 Å². The Morgan fingerprint density at radius 2 is 1.75 bits per heavy atom. The molecule has 0 heterocycles. The summed E-state index contributed by atoms with van der Waals surface area (Å²) in [6.45, 7) is 8.07. The molecule has 2 aromatic carbocycles. The van der Waals surface area contributed by atoms with Gasteiger partial charge in [0.25, 0.3) is 0 Å². The monoisotopic (exact) mass is 473 g/mol. The van der Waals surface area contributed by atoms with Crippen molar-refractivity contribution >= 4 is 24.2 Å². The Morgan fingerprint density at radius 3 is 2.28 bits per heavy atom. The largest absolute Gasteiger partial charge is 0.391 e. The zero-order chi connectivity index (χ0) is 24.2. The van der Waals surface area contributed by atoms with Crippen molar-refractivity contribution in [1.82, 2.24) is 5.01 Å². The fourth-order valence-electron chi connectivity index (χ4n) is 3.29. The molecule has 0 bridgehead atoms. The van der Waals surface area contributed by atoms with Crippen LogP contribution in [0.3, 0.4) is 0 Å². The minimum Gasteiger partial charge on any atom is -0.266 e. The summed E-state index contributed by atoms with van der Waals surface area (Å²) < 4.78 is 69.3. The van der Waals surface area contributed by atoms with Gasteiger partial charge in [-0.05, 0) is 35.7 Å². The lowest BCUT2D eigenvalue weighted by Crippen LogP contribution is -2.26. The Labute approximate surface area is 189 Å². The van der Waals surface area contributed by atoms with Gasteiger partial charge in [-0.3, -0.25) is 10.0 Å². The van der Waals surface area contributed by atoms with Crippen LogP contribution in [0.4, 0.5) is 22.0 Å². The van der Waals surface area contributed by atoms with Crippen LogP contribution in [0.25, 0.3) is 11.1 Å². The van der Waals surface area contributed by atoms with Crippen LogP contribution in [0.15, 0.2) is 40.4 Å². The number of amidine groups is 1. The highest BCUT2D eigenvalue weighted by Gasteiger charge is 2.36. The van der Waals surface area contributed by atoms with E-state index in [2.05, 4.69) is 16.8 Å². The first-order chi connectivity index (χ1) is 14.9. The summed E-state index contributed by atoms with van der Waals surface area (Å²) in [5.41, 5.74) is 0.0743. The van der Waals surface area contributed by atoms with Crippen LogP contribution in [-0.2, 0) is 13.0 Å². The van der Waals surface area contributed by atoms with E-state index in [1.54, 1.807) is 7.05 Å². The molecule has 2 rings (SSSR count). The van der Waals surface area contributed by atoms with E-state index in [1.807, 2.05) is 13.8 Å². The summed E-state index contributed by atoms with van der Waals surface area (Å²) in [7, 11) is 1.64. The summed E-state index contributed by atoms with van der Waals surface area (Å²) in [6, 6.07) is 6.23. The van der Waals surface area contributed by atoms with Gasteiger partial charge < -0.3 is 0 Å². The molecule has 0 aliphatic rings. The summed E-state index contributed by atoms with van der Waals surface area (Å²) in [6.07, 6.45) is -4.93. The van der Waals surface area contributed by atoms with E-state index in [4.69, 9.17) is 11.6 Å². The Balaban J connectivity index is 2.62. The SMILES string of the molecule is C=NN(C)/C(=N\Cc1cc(C[C@@H](C)C(F)(F)F)c(-c2c(F)cccc2Cl)cc1F)C(C)C. The number of hydrogen-bond donors (Lipinski definition) is 0. The highest BCUT2D eigenvalue weighted by Crippen LogP contribution is 2.37. The van der Waals surface area contributed by atoms with Crippen LogP contribution in [0, 0.1) is 23.5 Å². The predicted octanol–water partition coefficient (Wildman–Crippen LogP) is 7.13. The quantitative estimate of drug-likeness (QED) is 0.182. The molecule has 32 heavy (non-hydrogen) atoms. The van der Waals surface area contributed by atoms with E-state index < -0.39 is 30.1 Å². The molecule has 0 fully saturated rings. The molecule has 0 N–H and O–H groups in total.